The Bertz CT molecular complexity index is 1160. The van der Waals surface area contributed by atoms with E-state index in [1.54, 1.807) is 18.2 Å². The molecule has 0 bridgehead atoms. The number of aliphatic hydroxyl groups excluding tert-OH is 1. The number of halogens is 4. The van der Waals surface area contributed by atoms with Crippen LogP contribution in [-0.4, -0.2) is 16.7 Å². The number of ketones is 2. The SMILES string of the molecule is C=C1C(=O)C(C)(C)C(=O)C(c2cc(-c3ccc(Cl)c(C(F)(F)F)c3)ccc2CC)=C1O. The standard InChI is InChI=1S/C24H20ClF3O3/c1-5-13-6-7-14(15-8-9-18(25)17(11-15)24(26,27)28)10-16(13)19-20(29)12(2)21(30)23(3,4)22(19)31/h6-11,29H,2,5H2,1,3-4H3. The second-order valence-electron chi connectivity index (χ2n) is 7.90. The second-order valence-corrected chi connectivity index (χ2v) is 8.31. The first-order valence-corrected chi connectivity index (χ1v) is 9.91. The molecule has 0 saturated heterocycles. The Morgan fingerprint density at radius 1 is 1.03 bits per heavy atom. The molecule has 0 aliphatic heterocycles. The molecule has 162 valence electrons. The van der Waals surface area contributed by atoms with E-state index >= 15 is 0 Å². The van der Waals surface area contributed by atoms with Gasteiger partial charge in [-0.05, 0) is 60.7 Å². The zero-order valence-corrected chi connectivity index (χ0v) is 17.9. The molecule has 0 unspecified atom stereocenters. The third-order valence-corrected chi connectivity index (χ3v) is 5.85. The summed E-state index contributed by atoms with van der Waals surface area (Å²) in [6.07, 6.45) is -4.13. The second kappa shape index (κ2) is 7.68. The first kappa shape index (κ1) is 22.8. The topological polar surface area (TPSA) is 54.4 Å². The van der Waals surface area contributed by atoms with Crippen molar-refractivity contribution in [1.82, 2.24) is 0 Å². The molecule has 0 spiro atoms. The van der Waals surface area contributed by atoms with Gasteiger partial charge in [-0.25, -0.2) is 0 Å². The summed E-state index contributed by atoms with van der Waals surface area (Å²) in [7, 11) is 0. The van der Waals surface area contributed by atoms with Crippen molar-refractivity contribution in [2.75, 3.05) is 0 Å². The van der Waals surface area contributed by atoms with Crippen LogP contribution >= 0.6 is 11.6 Å². The van der Waals surface area contributed by atoms with Crippen LogP contribution in [0.4, 0.5) is 13.2 Å². The van der Waals surface area contributed by atoms with Gasteiger partial charge >= 0.3 is 6.18 Å². The third kappa shape index (κ3) is 3.81. The molecular formula is C24H20ClF3O3. The van der Waals surface area contributed by atoms with Gasteiger partial charge in [-0.2, -0.15) is 13.2 Å². The number of carbonyl (C=O) groups excluding carboxylic acids is 2. The van der Waals surface area contributed by atoms with Gasteiger partial charge in [0, 0.05) is 0 Å². The molecule has 3 nitrogen and oxygen atoms in total. The minimum absolute atomic E-state index is 0.0571. The Morgan fingerprint density at radius 2 is 1.61 bits per heavy atom. The van der Waals surface area contributed by atoms with Crippen molar-refractivity contribution in [1.29, 1.82) is 0 Å². The molecule has 3 rings (SSSR count). The fraction of sp³-hybridized carbons (Fsp3) is 0.250. The van der Waals surface area contributed by atoms with Crippen LogP contribution in [0.25, 0.3) is 16.7 Å². The number of aliphatic hydroxyl groups is 1. The van der Waals surface area contributed by atoms with Crippen molar-refractivity contribution in [2.45, 2.75) is 33.4 Å². The normalized spacial score (nSPS) is 16.8. The number of rotatable bonds is 3. The monoisotopic (exact) mass is 448 g/mol. The van der Waals surface area contributed by atoms with E-state index in [2.05, 4.69) is 6.58 Å². The fourth-order valence-corrected chi connectivity index (χ4v) is 3.85. The molecule has 7 heteroatoms. The Labute approximate surface area is 182 Å². The fourth-order valence-electron chi connectivity index (χ4n) is 3.63. The van der Waals surface area contributed by atoms with Gasteiger partial charge in [-0.1, -0.05) is 43.3 Å². The maximum atomic E-state index is 13.3. The Hall–Kier alpha value is -2.86. The van der Waals surface area contributed by atoms with Crippen molar-refractivity contribution >= 4 is 28.7 Å². The molecule has 2 aromatic carbocycles. The zero-order valence-electron chi connectivity index (χ0n) is 17.2. The summed E-state index contributed by atoms with van der Waals surface area (Å²) >= 11 is 5.72. The molecule has 1 N–H and O–H groups in total. The van der Waals surface area contributed by atoms with Crippen LogP contribution in [-0.2, 0) is 22.2 Å². The number of benzene rings is 2. The van der Waals surface area contributed by atoms with Crippen molar-refractivity contribution in [3.8, 4) is 11.1 Å². The van der Waals surface area contributed by atoms with Crippen LogP contribution in [0.5, 0.6) is 0 Å². The molecule has 0 radical (unpaired) electrons. The van der Waals surface area contributed by atoms with Crippen LogP contribution in [0.15, 0.2) is 54.3 Å². The number of alkyl halides is 3. The molecule has 0 aromatic heterocycles. The average molecular weight is 449 g/mol. The van der Waals surface area contributed by atoms with Gasteiger partial charge in [0.2, 0.25) is 0 Å². The van der Waals surface area contributed by atoms with Gasteiger partial charge < -0.3 is 5.11 Å². The zero-order chi connectivity index (χ0) is 23.3. The van der Waals surface area contributed by atoms with E-state index < -0.39 is 39.5 Å². The molecule has 0 heterocycles. The number of carbonyl (C=O) groups is 2. The number of hydrogen-bond acceptors (Lipinski definition) is 3. The van der Waals surface area contributed by atoms with E-state index in [1.807, 2.05) is 6.92 Å². The van der Waals surface area contributed by atoms with Crippen LogP contribution < -0.4 is 0 Å². The van der Waals surface area contributed by atoms with Crippen molar-refractivity contribution < 1.29 is 27.9 Å². The minimum atomic E-state index is -4.62. The molecule has 1 aliphatic carbocycles. The average Bonchev–Trinajstić information content (AvgIpc) is 2.71. The van der Waals surface area contributed by atoms with Gasteiger partial charge in [-0.15, -0.1) is 0 Å². The molecule has 1 aliphatic rings. The summed E-state index contributed by atoms with van der Waals surface area (Å²) in [6.45, 7) is 8.38. The summed E-state index contributed by atoms with van der Waals surface area (Å²) in [5.74, 6) is -1.64. The number of aryl methyl sites for hydroxylation is 1. The molecule has 0 atom stereocenters. The maximum Gasteiger partial charge on any atom is 0.417 e. The Balaban J connectivity index is 2.25. The van der Waals surface area contributed by atoms with E-state index in [4.69, 9.17) is 11.6 Å². The van der Waals surface area contributed by atoms with Gasteiger partial charge in [0.1, 0.15) is 5.76 Å². The molecule has 0 fully saturated rings. The Kier molecular flexibility index (Phi) is 5.65. The van der Waals surface area contributed by atoms with Crippen LogP contribution in [0.3, 0.4) is 0 Å². The number of hydrogen-bond donors (Lipinski definition) is 1. The predicted molar refractivity (Wildman–Crippen MR) is 114 cm³/mol. The maximum absolute atomic E-state index is 13.3. The minimum Gasteiger partial charge on any atom is -0.506 e. The summed E-state index contributed by atoms with van der Waals surface area (Å²) in [5.41, 5.74) is -0.904. The van der Waals surface area contributed by atoms with E-state index in [-0.39, 0.29) is 16.7 Å². The highest BCUT2D eigenvalue weighted by Crippen LogP contribution is 2.42. The molecular weight excluding hydrogens is 429 g/mol. The van der Waals surface area contributed by atoms with E-state index in [9.17, 15) is 27.9 Å². The number of allylic oxidation sites excluding steroid dienone is 2. The lowest BCUT2D eigenvalue weighted by atomic mass is 9.70. The lowest BCUT2D eigenvalue weighted by Gasteiger charge is -2.30. The van der Waals surface area contributed by atoms with Gasteiger partial charge in [0.25, 0.3) is 0 Å². The molecule has 0 saturated carbocycles. The third-order valence-electron chi connectivity index (χ3n) is 5.52. The van der Waals surface area contributed by atoms with Gasteiger partial charge in [0.15, 0.2) is 11.6 Å². The van der Waals surface area contributed by atoms with Crippen molar-refractivity contribution in [3.05, 3.63) is 76.0 Å². The summed E-state index contributed by atoms with van der Waals surface area (Å²) in [4.78, 5) is 25.5. The summed E-state index contributed by atoms with van der Waals surface area (Å²) in [5, 5.41) is 10.2. The Morgan fingerprint density at radius 3 is 2.19 bits per heavy atom. The van der Waals surface area contributed by atoms with Crippen molar-refractivity contribution in [2.24, 2.45) is 5.41 Å². The first-order chi connectivity index (χ1) is 14.3. The lowest BCUT2D eigenvalue weighted by molar-refractivity contribution is -0.137. The molecule has 31 heavy (non-hydrogen) atoms. The van der Waals surface area contributed by atoms with Crippen LogP contribution in [0, 0.1) is 5.41 Å². The summed E-state index contributed by atoms with van der Waals surface area (Å²) in [6, 6.07) is 8.43. The predicted octanol–water partition coefficient (Wildman–Crippen LogP) is 6.59. The lowest BCUT2D eigenvalue weighted by Crippen LogP contribution is -2.39. The van der Waals surface area contributed by atoms with Gasteiger partial charge in [0.05, 0.1) is 27.1 Å². The van der Waals surface area contributed by atoms with E-state index in [1.165, 1.54) is 26.0 Å². The molecule has 0 amide bonds. The highest BCUT2D eigenvalue weighted by molar-refractivity contribution is 6.37. The summed E-state index contributed by atoms with van der Waals surface area (Å²) < 4.78 is 39.9. The number of Topliss-reactive ketones (excluding diaryl/α,β-unsaturated/α-hetero) is 2. The first-order valence-electron chi connectivity index (χ1n) is 9.53. The molecule has 2 aromatic rings. The van der Waals surface area contributed by atoms with Crippen molar-refractivity contribution in [3.63, 3.8) is 0 Å². The van der Waals surface area contributed by atoms with Crippen LogP contribution in [0.2, 0.25) is 5.02 Å². The van der Waals surface area contributed by atoms with E-state index in [0.29, 0.717) is 23.1 Å². The smallest absolute Gasteiger partial charge is 0.417 e. The highest BCUT2D eigenvalue weighted by Gasteiger charge is 2.46. The quantitative estimate of drug-likeness (QED) is 0.425. The van der Waals surface area contributed by atoms with E-state index in [0.717, 1.165) is 6.07 Å². The van der Waals surface area contributed by atoms with Crippen LogP contribution in [0.1, 0.15) is 37.5 Å². The highest BCUT2D eigenvalue weighted by atomic mass is 35.5. The largest absolute Gasteiger partial charge is 0.506 e. The van der Waals surface area contributed by atoms with Gasteiger partial charge in [-0.3, -0.25) is 9.59 Å².